The van der Waals surface area contributed by atoms with E-state index in [2.05, 4.69) is 25.5 Å². The van der Waals surface area contributed by atoms with Gasteiger partial charge in [0.2, 0.25) is 5.88 Å². The molecule has 0 unspecified atom stereocenters. The van der Waals surface area contributed by atoms with Gasteiger partial charge in [-0.25, -0.2) is 9.67 Å². The van der Waals surface area contributed by atoms with Gasteiger partial charge in [0.25, 0.3) is 0 Å². The summed E-state index contributed by atoms with van der Waals surface area (Å²) >= 11 is 0. The van der Waals surface area contributed by atoms with Crippen LogP contribution in [0.1, 0.15) is 36.2 Å². The molecule has 0 radical (unpaired) electrons. The fourth-order valence-corrected chi connectivity index (χ4v) is 3.17. The monoisotopic (exact) mass is 324 g/mol. The molecule has 4 rings (SSSR count). The Bertz CT molecular complexity index is 820. The molecule has 124 valence electrons. The van der Waals surface area contributed by atoms with Crippen molar-refractivity contribution in [3.8, 4) is 17.1 Å². The predicted octanol–water partition coefficient (Wildman–Crippen LogP) is 2.39. The van der Waals surface area contributed by atoms with Crippen LogP contribution in [-0.2, 0) is 19.4 Å². The van der Waals surface area contributed by atoms with Crippen LogP contribution in [0.2, 0.25) is 0 Å². The molecule has 3 aromatic rings. The van der Waals surface area contributed by atoms with Gasteiger partial charge < -0.3 is 4.74 Å². The molecular formula is C17H20N6O. The zero-order valence-electron chi connectivity index (χ0n) is 13.7. The Kier molecular flexibility index (Phi) is 3.98. The molecule has 0 bridgehead atoms. The number of hydrogen-bond donors (Lipinski definition) is 1. The number of hydrogen-bond acceptors (Lipinski definition) is 5. The number of pyridine rings is 1. The molecule has 3 aromatic heterocycles. The molecule has 0 atom stereocenters. The van der Waals surface area contributed by atoms with Crippen LogP contribution in [0.15, 0.2) is 24.5 Å². The van der Waals surface area contributed by atoms with Gasteiger partial charge in [-0.1, -0.05) is 11.6 Å². The maximum atomic E-state index is 5.08. The normalized spacial score (nSPS) is 14.2. The molecule has 7 nitrogen and oxygen atoms in total. The maximum Gasteiger partial charge on any atom is 0.212 e. The lowest BCUT2D eigenvalue weighted by Gasteiger charge is -2.02. The van der Waals surface area contributed by atoms with Crippen molar-refractivity contribution in [2.75, 3.05) is 7.11 Å². The van der Waals surface area contributed by atoms with Crippen LogP contribution in [0.4, 0.5) is 0 Å². The first-order chi connectivity index (χ1) is 11.8. The van der Waals surface area contributed by atoms with Gasteiger partial charge in [0, 0.05) is 23.5 Å². The third kappa shape index (κ3) is 2.89. The highest BCUT2D eigenvalue weighted by molar-refractivity contribution is 5.56. The lowest BCUT2D eigenvalue weighted by molar-refractivity contribution is 0.398. The SMILES string of the molecule is COc1ccc(-c2cn(Cc3n[nH]c4c3CCCCC4)nn2)cn1. The second kappa shape index (κ2) is 6.43. The highest BCUT2D eigenvalue weighted by Gasteiger charge is 2.16. The van der Waals surface area contributed by atoms with E-state index in [0.717, 1.165) is 29.8 Å². The Hall–Kier alpha value is -2.70. The summed E-state index contributed by atoms with van der Waals surface area (Å²) in [5, 5.41) is 16.2. The number of H-pyrrole nitrogens is 1. The quantitative estimate of drug-likeness (QED) is 0.745. The number of nitrogens with zero attached hydrogens (tertiary/aromatic N) is 5. The molecule has 0 aliphatic heterocycles. The summed E-state index contributed by atoms with van der Waals surface area (Å²) in [6.45, 7) is 0.641. The topological polar surface area (TPSA) is 81.5 Å². The van der Waals surface area contributed by atoms with Crippen LogP contribution in [0, 0.1) is 0 Å². The summed E-state index contributed by atoms with van der Waals surface area (Å²) in [6, 6.07) is 3.75. The first-order valence-corrected chi connectivity index (χ1v) is 8.29. The van der Waals surface area contributed by atoms with Crippen molar-refractivity contribution in [1.82, 2.24) is 30.2 Å². The van der Waals surface area contributed by atoms with E-state index in [9.17, 15) is 0 Å². The van der Waals surface area contributed by atoms with E-state index in [1.165, 1.54) is 30.5 Å². The average molecular weight is 324 g/mol. The third-order valence-electron chi connectivity index (χ3n) is 4.48. The zero-order valence-corrected chi connectivity index (χ0v) is 13.7. The summed E-state index contributed by atoms with van der Waals surface area (Å²) in [5.41, 5.74) is 5.46. The van der Waals surface area contributed by atoms with E-state index in [0.29, 0.717) is 12.4 Å². The van der Waals surface area contributed by atoms with Crippen LogP contribution in [0.3, 0.4) is 0 Å². The Morgan fingerprint density at radius 2 is 2.12 bits per heavy atom. The molecule has 1 aliphatic carbocycles. The third-order valence-corrected chi connectivity index (χ3v) is 4.48. The van der Waals surface area contributed by atoms with Gasteiger partial charge in [-0.3, -0.25) is 5.10 Å². The number of aromatic amines is 1. The van der Waals surface area contributed by atoms with E-state index in [1.54, 1.807) is 13.3 Å². The molecule has 0 saturated heterocycles. The highest BCUT2D eigenvalue weighted by atomic mass is 16.5. The van der Waals surface area contributed by atoms with E-state index >= 15 is 0 Å². The number of fused-ring (bicyclic) bond motifs is 1. The Balaban J connectivity index is 1.54. The van der Waals surface area contributed by atoms with Crippen molar-refractivity contribution in [1.29, 1.82) is 0 Å². The van der Waals surface area contributed by atoms with Crippen molar-refractivity contribution in [2.24, 2.45) is 0 Å². The molecule has 0 fully saturated rings. The van der Waals surface area contributed by atoms with Gasteiger partial charge in [0.05, 0.1) is 25.5 Å². The highest BCUT2D eigenvalue weighted by Crippen LogP contribution is 2.23. The number of methoxy groups -OCH3 is 1. The van der Waals surface area contributed by atoms with Crippen LogP contribution in [-0.4, -0.2) is 37.3 Å². The molecule has 0 aromatic carbocycles. The summed E-state index contributed by atoms with van der Waals surface area (Å²) < 4.78 is 6.91. The molecule has 3 heterocycles. The van der Waals surface area contributed by atoms with E-state index in [-0.39, 0.29) is 0 Å². The molecule has 0 saturated carbocycles. The second-order valence-electron chi connectivity index (χ2n) is 6.08. The Labute approximate surface area is 140 Å². The predicted molar refractivity (Wildman–Crippen MR) is 88.8 cm³/mol. The minimum absolute atomic E-state index is 0.588. The van der Waals surface area contributed by atoms with Crippen LogP contribution in [0.25, 0.3) is 11.3 Å². The lowest BCUT2D eigenvalue weighted by atomic mass is 10.1. The maximum absolute atomic E-state index is 5.08. The van der Waals surface area contributed by atoms with Gasteiger partial charge in [-0.2, -0.15) is 5.10 Å². The largest absolute Gasteiger partial charge is 0.481 e. The summed E-state index contributed by atoms with van der Waals surface area (Å²) in [5.74, 6) is 0.588. The fraction of sp³-hybridized carbons (Fsp3) is 0.412. The second-order valence-corrected chi connectivity index (χ2v) is 6.08. The van der Waals surface area contributed by atoms with E-state index < -0.39 is 0 Å². The average Bonchev–Trinajstić information content (AvgIpc) is 3.16. The Morgan fingerprint density at radius 3 is 2.96 bits per heavy atom. The number of aryl methyl sites for hydroxylation is 1. The number of rotatable bonds is 4. The smallest absolute Gasteiger partial charge is 0.212 e. The first-order valence-electron chi connectivity index (χ1n) is 8.29. The molecule has 24 heavy (non-hydrogen) atoms. The van der Waals surface area contributed by atoms with Gasteiger partial charge in [-0.15, -0.1) is 5.10 Å². The minimum Gasteiger partial charge on any atom is -0.481 e. The molecular weight excluding hydrogens is 304 g/mol. The van der Waals surface area contributed by atoms with Crippen LogP contribution in [0.5, 0.6) is 5.88 Å². The van der Waals surface area contributed by atoms with Crippen molar-refractivity contribution in [2.45, 2.75) is 38.6 Å². The molecule has 0 amide bonds. The van der Waals surface area contributed by atoms with Gasteiger partial charge >= 0.3 is 0 Å². The molecule has 0 spiro atoms. The van der Waals surface area contributed by atoms with Gasteiger partial charge in [0.15, 0.2) is 0 Å². The lowest BCUT2D eigenvalue weighted by Crippen LogP contribution is -2.04. The number of aromatic nitrogens is 6. The van der Waals surface area contributed by atoms with Gasteiger partial charge in [0.1, 0.15) is 5.69 Å². The molecule has 7 heteroatoms. The van der Waals surface area contributed by atoms with Crippen molar-refractivity contribution in [3.05, 3.63) is 41.5 Å². The number of ether oxygens (including phenoxy) is 1. The van der Waals surface area contributed by atoms with Crippen molar-refractivity contribution >= 4 is 0 Å². The zero-order chi connectivity index (χ0) is 16.4. The fourth-order valence-electron chi connectivity index (χ4n) is 3.17. The molecule has 1 aliphatic rings. The Morgan fingerprint density at radius 1 is 1.21 bits per heavy atom. The van der Waals surface area contributed by atoms with E-state index in [4.69, 9.17) is 4.74 Å². The summed E-state index contributed by atoms with van der Waals surface area (Å²) in [6.07, 6.45) is 9.65. The summed E-state index contributed by atoms with van der Waals surface area (Å²) in [7, 11) is 1.60. The standard InChI is InChI=1S/C17H20N6O/c1-24-17-8-7-12(9-18-17)15-10-23(22-21-15)11-16-13-5-3-2-4-6-14(13)19-20-16/h7-10H,2-6,11H2,1H3,(H,19,20). The van der Waals surface area contributed by atoms with Crippen molar-refractivity contribution in [3.63, 3.8) is 0 Å². The van der Waals surface area contributed by atoms with Gasteiger partial charge in [-0.05, 0) is 37.3 Å². The van der Waals surface area contributed by atoms with Crippen LogP contribution < -0.4 is 4.74 Å². The van der Waals surface area contributed by atoms with E-state index in [1.807, 2.05) is 23.0 Å². The minimum atomic E-state index is 0.588. The van der Waals surface area contributed by atoms with Crippen molar-refractivity contribution < 1.29 is 4.74 Å². The molecule has 1 N–H and O–H groups in total. The van der Waals surface area contributed by atoms with Crippen LogP contribution >= 0.6 is 0 Å². The summed E-state index contributed by atoms with van der Waals surface area (Å²) in [4.78, 5) is 4.21. The number of nitrogens with one attached hydrogen (secondary N) is 1. The first kappa shape index (κ1) is 14.9.